The number of nitro groups is 1. The highest BCUT2D eigenvalue weighted by atomic mass is 127. The van der Waals surface area contributed by atoms with Gasteiger partial charge in [0.1, 0.15) is 0 Å². The number of nitrogens with one attached hydrogen (secondary N) is 1. The molecule has 2 aromatic rings. The number of nitrogens with zero attached hydrogens (tertiary/aromatic N) is 1. The molecular formula is C11H11IN2O2. The van der Waals surface area contributed by atoms with Gasteiger partial charge in [0.15, 0.2) is 0 Å². The Morgan fingerprint density at radius 3 is 2.75 bits per heavy atom. The predicted octanol–water partition coefficient (Wildman–Crippen LogP) is 3.55. The average Bonchev–Trinajstić information content (AvgIpc) is 2.56. The molecule has 1 heterocycles. The average molecular weight is 330 g/mol. The summed E-state index contributed by atoms with van der Waals surface area (Å²) in [7, 11) is 0. The normalized spacial score (nSPS) is 10.9. The minimum Gasteiger partial charge on any atom is -0.357 e. The van der Waals surface area contributed by atoms with Crippen molar-refractivity contribution in [2.75, 3.05) is 0 Å². The van der Waals surface area contributed by atoms with Crippen LogP contribution in [-0.2, 0) is 6.42 Å². The number of rotatable bonds is 2. The summed E-state index contributed by atoms with van der Waals surface area (Å²) in [5, 5.41) is 11.7. The second-order valence-corrected chi connectivity index (χ2v) is 4.85. The van der Waals surface area contributed by atoms with E-state index in [0.717, 1.165) is 32.2 Å². The summed E-state index contributed by atoms with van der Waals surface area (Å²) in [6.45, 7) is 4.07. The van der Waals surface area contributed by atoms with Crippen molar-refractivity contribution in [1.82, 2.24) is 4.98 Å². The molecule has 1 N–H and O–H groups in total. The molecule has 1 aromatic carbocycles. The molecule has 0 unspecified atom stereocenters. The molecule has 0 saturated carbocycles. The fraction of sp³-hybridized carbons (Fsp3) is 0.273. The van der Waals surface area contributed by atoms with E-state index in [-0.39, 0.29) is 10.6 Å². The third kappa shape index (κ3) is 1.68. The first kappa shape index (κ1) is 11.4. The van der Waals surface area contributed by atoms with E-state index in [1.807, 2.05) is 6.92 Å². The molecule has 0 saturated heterocycles. The molecule has 1 aromatic heterocycles. The van der Waals surface area contributed by atoms with Crippen LogP contribution in [0.4, 0.5) is 5.69 Å². The van der Waals surface area contributed by atoms with Crippen LogP contribution in [0.3, 0.4) is 0 Å². The van der Waals surface area contributed by atoms with Crippen molar-refractivity contribution >= 4 is 39.2 Å². The Labute approximate surface area is 106 Å². The van der Waals surface area contributed by atoms with E-state index in [0.29, 0.717) is 0 Å². The number of hydrogen-bond acceptors (Lipinski definition) is 2. The van der Waals surface area contributed by atoms with Crippen molar-refractivity contribution in [2.24, 2.45) is 0 Å². The van der Waals surface area contributed by atoms with Gasteiger partial charge in [0.05, 0.1) is 10.4 Å². The largest absolute Gasteiger partial charge is 0.357 e. The van der Waals surface area contributed by atoms with Crippen LogP contribution in [0.2, 0.25) is 0 Å². The first-order valence-electron chi connectivity index (χ1n) is 4.99. The second-order valence-electron chi connectivity index (χ2n) is 3.69. The highest BCUT2D eigenvalue weighted by Gasteiger charge is 2.14. The Balaban J connectivity index is 2.80. The number of aromatic amines is 1. The van der Waals surface area contributed by atoms with Crippen molar-refractivity contribution in [1.29, 1.82) is 0 Å². The van der Waals surface area contributed by atoms with Gasteiger partial charge in [0, 0.05) is 26.8 Å². The number of nitro benzene ring substituents is 1. The molecule has 0 aliphatic carbocycles. The smallest absolute Gasteiger partial charge is 0.271 e. The van der Waals surface area contributed by atoms with Gasteiger partial charge in [-0.1, -0.05) is 6.92 Å². The van der Waals surface area contributed by atoms with Crippen LogP contribution in [0.1, 0.15) is 18.2 Å². The number of aromatic nitrogens is 1. The van der Waals surface area contributed by atoms with E-state index in [1.165, 1.54) is 0 Å². The van der Waals surface area contributed by atoms with Gasteiger partial charge < -0.3 is 4.98 Å². The van der Waals surface area contributed by atoms with Gasteiger partial charge in [-0.2, -0.15) is 0 Å². The molecule has 0 atom stereocenters. The maximum absolute atomic E-state index is 10.8. The molecule has 0 aliphatic rings. The zero-order valence-corrected chi connectivity index (χ0v) is 11.2. The summed E-state index contributed by atoms with van der Waals surface area (Å²) in [5.74, 6) is 0. The van der Waals surface area contributed by atoms with E-state index in [1.54, 1.807) is 12.1 Å². The van der Waals surface area contributed by atoms with E-state index >= 15 is 0 Å². The third-order valence-corrected chi connectivity index (χ3v) is 3.62. The van der Waals surface area contributed by atoms with Crippen molar-refractivity contribution < 1.29 is 4.92 Å². The number of fused-ring (bicyclic) bond motifs is 1. The molecule has 16 heavy (non-hydrogen) atoms. The van der Waals surface area contributed by atoms with Crippen LogP contribution in [0.25, 0.3) is 10.9 Å². The lowest BCUT2D eigenvalue weighted by Gasteiger charge is -1.96. The Morgan fingerprint density at radius 2 is 2.19 bits per heavy atom. The minimum atomic E-state index is -0.348. The SMILES string of the molecule is CCc1[nH]c2c(I)cc([N+](=O)[O-])cc2c1C. The Kier molecular flexibility index (Phi) is 2.88. The number of halogens is 1. The predicted molar refractivity (Wildman–Crippen MR) is 71.8 cm³/mol. The van der Waals surface area contributed by atoms with Crippen molar-refractivity contribution in [2.45, 2.75) is 20.3 Å². The highest BCUT2D eigenvalue weighted by molar-refractivity contribution is 14.1. The fourth-order valence-corrected chi connectivity index (χ4v) is 2.63. The molecule has 0 bridgehead atoms. The molecule has 0 spiro atoms. The second kappa shape index (κ2) is 4.04. The van der Waals surface area contributed by atoms with Crippen LogP contribution in [0, 0.1) is 20.6 Å². The molecule has 84 valence electrons. The molecular weight excluding hydrogens is 319 g/mol. The van der Waals surface area contributed by atoms with Gasteiger partial charge in [-0.3, -0.25) is 10.1 Å². The summed E-state index contributed by atoms with van der Waals surface area (Å²) in [5.41, 5.74) is 3.41. The summed E-state index contributed by atoms with van der Waals surface area (Å²) in [6.07, 6.45) is 0.907. The molecule has 0 radical (unpaired) electrons. The molecule has 4 nitrogen and oxygen atoms in total. The molecule has 0 aliphatic heterocycles. The molecule has 2 rings (SSSR count). The third-order valence-electron chi connectivity index (χ3n) is 2.77. The first-order valence-corrected chi connectivity index (χ1v) is 6.07. The lowest BCUT2D eigenvalue weighted by molar-refractivity contribution is -0.384. The number of benzene rings is 1. The van der Waals surface area contributed by atoms with E-state index in [4.69, 9.17) is 0 Å². The van der Waals surface area contributed by atoms with E-state index in [2.05, 4.69) is 34.5 Å². The minimum absolute atomic E-state index is 0.154. The van der Waals surface area contributed by atoms with Crippen molar-refractivity contribution in [3.63, 3.8) is 0 Å². The number of aryl methyl sites for hydroxylation is 2. The quantitative estimate of drug-likeness (QED) is 0.520. The Morgan fingerprint density at radius 1 is 1.50 bits per heavy atom. The Bertz CT molecular complexity index is 575. The lowest BCUT2D eigenvalue weighted by Crippen LogP contribution is -1.89. The summed E-state index contributed by atoms with van der Waals surface area (Å²) in [6, 6.07) is 3.24. The summed E-state index contributed by atoms with van der Waals surface area (Å²) < 4.78 is 0.893. The van der Waals surface area contributed by atoms with Gasteiger partial charge in [-0.15, -0.1) is 0 Å². The maximum Gasteiger partial charge on any atom is 0.271 e. The number of non-ortho nitro benzene ring substituents is 1. The zero-order valence-electron chi connectivity index (χ0n) is 9.00. The molecule has 0 fully saturated rings. The van der Waals surface area contributed by atoms with Crippen LogP contribution in [0.5, 0.6) is 0 Å². The molecule has 5 heteroatoms. The number of H-pyrrole nitrogens is 1. The van der Waals surface area contributed by atoms with Crippen LogP contribution < -0.4 is 0 Å². The van der Waals surface area contributed by atoms with Crippen LogP contribution in [-0.4, -0.2) is 9.91 Å². The highest BCUT2D eigenvalue weighted by Crippen LogP contribution is 2.30. The lowest BCUT2D eigenvalue weighted by atomic mass is 10.1. The summed E-state index contributed by atoms with van der Waals surface area (Å²) >= 11 is 2.13. The monoisotopic (exact) mass is 330 g/mol. The van der Waals surface area contributed by atoms with Gasteiger partial charge >= 0.3 is 0 Å². The van der Waals surface area contributed by atoms with Crippen LogP contribution in [0.15, 0.2) is 12.1 Å². The Hall–Kier alpha value is -1.11. The summed E-state index contributed by atoms with van der Waals surface area (Å²) in [4.78, 5) is 13.7. The topological polar surface area (TPSA) is 58.9 Å². The zero-order chi connectivity index (χ0) is 11.9. The van der Waals surface area contributed by atoms with Crippen molar-refractivity contribution in [3.05, 3.63) is 37.1 Å². The fourth-order valence-electron chi connectivity index (χ4n) is 1.88. The van der Waals surface area contributed by atoms with E-state index < -0.39 is 0 Å². The number of hydrogen-bond donors (Lipinski definition) is 1. The first-order chi connectivity index (χ1) is 7.54. The van der Waals surface area contributed by atoms with Gasteiger partial charge in [0.25, 0.3) is 5.69 Å². The maximum atomic E-state index is 10.8. The standard InChI is InChI=1S/C11H11IN2O2/c1-3-10-6(2)8-4-7(14(15)16)5-9(12)11(8)13-10/h4-5,13H,3H2,1-2H3. The van der Waals surface area contributed by atoms with Crippen molar-refractivity contribution in [3.8, 4) is 0 Å². The van der Waals surface area contributed by atoms with Gasteiger partial charge in [0.2, 0.25) is 0 Å². The van der Waals surface area contributed by atoms with Crippen LogP contribution >= 0.6 is 22.6 Å². The van der Waals surface area contributed by atoms with E-state index in [9.17, 15) is 10.1 Å². The molecule has 0 amide bonds. The van der Waals surface area contributed by atoms with Gasteiger partial charge in [-0.25, -0.2) is 0 Å². The van der Waals surface area contributed by atoms with Gasteiger partial charge in [-0.05, 0) is 41.5 Å².